The maximum absolute atomic E-state index is 12.1. The van der Waals surface area contributed by atoms with E-state index >= 15 is 0 Å². The second-order valence-electron chi connectivity index (χ2n) is 6.44. The van der Waals surface area contributed by atoms with Crippen LogP contribution in [0.5, 0.6) is 0 Å². The molecular formula is C15H24N4O2. The van der Waals surface area contributed by atoms with Gasteiger partial charge in [0.15, 0.2) is 0 Å². The lowest BCUT2D eigenvalue weighted by Gasteiger charge is -2.34. The zero-order chi connectivity index (χ0) is 15.3. The molecule has 1 aliphatic rings. The van der Waals surface area contributed by atoms with Crippen molar-refractivity contribution >= 4 is 11.8 Å². The third-order valence-corrected chi connectivity index (χ3v) is 3.33. The molecule has 0 saturated carbocycles. The first-order chi connectivity index (χ1) is 9.94. The molecular weight excluding hydrogens is 268 g/mol. The van der Waals surface area contributed by atoms with Crippen molar-refractivity contribution in [1.29, 1.82) is 0 Å². The minimum atomic E-state index is -0.441. The molecule has 1 aliphatic heterocycles. The van der Waals surface area contributed by atoms with E-state index in [4.69, 9.17) is 4.74 Å². The number of carbonyl (C=O) groups is 1. The van der Waals surface area contributed by atoms with Gasteiger partial charge in [0.1, 0.15) is 11.9 Å². The van der Waals surface area contributed by atoms with E-state index in [1.165, 1.54) is 6.33 Å². The highest BCUT2D eigenvalue weighted by atomic mass is 16.6. The molecule has 1 aromatic heterocycles. The van der Waals surface area contributed by atoms with Gasteiger partial charge in [-0.05, 0) is 39.5 Å². The number of anilines is 1. The van der Waals surface area contributed by atoms with Crippen LogP contribution in [0, 0.1) is 5.92 Å². The van der Waals surface area contributed by atoms with Crippen molar-refractivity contribution in [1.82, 2.24) is 14.9 Å². The fourth-order valence-corrected chi connectivity index (χ4v) is 2.38. The van der Waals surface area contributed by atoms with E-state index in [9.17, 15) is 4.79 Å². The summed E-state index contributed by atoms with van der Waals surface area (Å²) in [7, 11) is 0. The van der Waals surface area contributed by atoms with E-state index in [0.717, 1.165) is 38.2 Å². The number of ether oxygens (including phenoxy) is 1. The highest BCUT2D eigenvalue weighted by Gasteiger charge is 2.27. The molecule has 1 unspecified atom stereocenters. The molecule has 2 heterocycles. The van der Waals surface area contributed by atoms with Crippen molar-refractivity contribution < 1.29 is 9.53 Å². The molecule has 0 spiro atoms. The van der Waals surface area contributed by atoms with Crippen LogP contribution in [0.2, 0.25) is 0 Å². The van der Waals surface area contributed by atoms with Crippen molar-refractivity contribution in [3.8, 4) is 0 Å². The third-order valence-electron chi connectivity index (χ3n) is 3.33. The molecule has 2 rings (SSSR count). The Hall–Kier alpha value is -1.85. The van der Waals surface area contributed by atoms with Gasteiger partial charge in [-0.1, -0.05) is 0 Å². The number of amides is 1. The highest BCUT2D eigenvalue weighted by Crippen LogP contribution is 2.19. The van der Waals surface area contributed by atoms with Gasteiger partial charge in [0.25, 0.3) is 0 Å². The molecule has 116 valence electrons. The Bertz CT molecular complexity index is 458. The normalized spacial score (nSPS) is 19.2. The number of nitrogens with one attached hydrogen (secondary N) is 1. The predicted molar refractivity (Wildman–Crippen MR) is 81.1 cm³/mol. The first-order valence-corrected chi connectivity index (χ1v) is 7.41. The summed E-state index contributed by atoms with van der Waals surface area (Å²) < 4.78 is 5.43. The molecule has 0 bridgehead atoms. The van der Waals surface area contributed by atoms with Crippen LogP contribution in [-0.4, -0.2) is 46.2 Å². The second kappa shape index (κ2) is 6.74. The molecule has 1 fully saturated rings. The maximum Gasteiger partial charge on any atom is 0.410 e. The Morgan fingerprint density at radius 2 is 2.14 bits per heavy atom. The minimum absolute atomic E-state index is 0.213. The van der Waals surface area contributed by atoms with Crippen molar-refractivity contribution in [3.05, 3.63) is 18.7 Å². The monoisotopic (exact) mass is 292 g/mol. The zero-order valence-electron chi connectivity index (χ0n) is 13.0. The van der Waals surface area contributed by atoms with Gasteiger partial charge in [-0.2, -0.15) is 0 Å². The van der Waals surface area contributed by atoms with Crippen LogP contribution in [0.3, 0.4) is 0 Å². The molecule has 21 heavy (non-hydrogen) atoms. The van der Waals surface area contributed by atoms with E-state index in [1.807, 2.05) is 25.7 Å². The van der Waals surface area contributed by atoms with E-state index in [1.54, 1.807) is 12.4 Å². The van der Waals surface area contributed by atoms with Gasteiger partial charge in [0.05, 0.1) is 18.1 Å². The number of likely N-dealkylation sites (tertiary alicyclic amines) is 1. The van der Waals surface area contributed by atoms with Gasteiger partial charge < -0.3 is 15.0 Å². The van der Waals surface area contributed by atoms with Crippen LogP contribution in [0.1, 0.15) is 33.6 Å². The Kier molecular flexibility index (Phi) is 4.98. The Balaban J connectivity index is 1.82. The van der Waals surface area contributed by atoms with Gasteiger partial charge in [0, 0.05) is 19.6 Å². The number of carbonyl (C=O) groups excluding carboxylic acids is 1. The van der Waals surface area contributed by atoms with Gasteiger partial charge in [-0.25, -0.2) is 14.8 Å². The lowest BCUT2D eigenvalue weighted by atomic mass is 9.98. The largest absolute Gasteiger partial charge is 0.444 e. The number of rotatable bonds is 3. The molecule has 0 aliphatic carbocycles. The van der Waals surface area contributed by atoms with Crippen molar-refractivity contribution in [2.24, 2.45) is 5.92 Å². The molecule has 1 saturated heterocycles. The summed E-state index contributed by atoms with van der Waals surface area (Å²) in [5.41, 5.74) is 0.468. The van der Waals surface area contributed by atoms with Gasteiger partial charge in [0.2, 0.25) is 0 Å². The zero-order valence-corrected chi connectivity index (χ0v) is 13.0. The van der Waals surface area contributed by atoms with Gasteiger partial charge >= 0.3 is 6.09 Å². The Labute approximate surface area is 125 Å². The molecule has 1 aromatic rings. The molecule has 6 heteroatoms. The summed E-state index contributed by atoms with van der Waals surface area (Å²) in [4.78, 5) is 21.9. The second-order valence-corrected chi connectivity index (χ2v) is 6.44. The van der Waals surface area contributed by atoms with Crippen molar-refractivity contribution in [3.63, 3.8) is 0 Å². The summed E-state index contributed by atoms with van der Waals surface area (Å²) in [6, 6.07) is 0. The molecule has 1 atom stereocenters. The van der Waals surface area contributed by atoms with Crippen LogP contribution >= 0.6 is 0 Å². The van der Waals surface area contributed by atoms with Crippen molar-refractivity contribution in [2.45, 2.75) is 39.2 Å². The van der Waals surface area contributed by atoms with Crippen LogP contribution < -0.4 is 5.32 Å². The van der Waals surface area contributed by atoms with E-state index in [-0.39, 0.29) is 6.09 Å². The first kappa shape index (κ1) is 15.5. The smallest absolute Gasteiger partial charge is 0.410 e. The van der Waals surface area contributed by atoms with Crippen LogP contribution in [0.15, 0.2) is 18.7 Å². The predicted octanol–water partition coefficient (Wildman–Crippen LogP) is 2.54. The lowest BCUT2D eigenvalue weighted by molar-refractivity contribution is 0.0172. The number of piperidine rings is 1. The summed E-state index contributed by atoms with van der Waals surface area (Å²) in [6.07, 6.45) is 6.92. The average Bonchev–Trinajstić information content (AvgIpc) is 2.45. The van der Waals surface area contributed by atoms with Gasteiger partial charge in [-0.3, -0.25) is 0 Å². The number of hydrogen-bond donors (Lipinski definition) is 1. The summed E-state index contributed by atoms with van der Waals surface area (Å²) in [6.45, 7) is 8.00. The average molecular weight is 292 g/mol. The van der Waals surface area contributed by atoms with Crippen LogP contribution in [0.4, 0.5) is 10.5 Å². The summed E-state index contributed by atoms with van der Waals surface area (Å²) >= 11 is 0. The summed E-state index contributed by atoms with van der Waals surface area (Å²) in [5, 5.41) is 3.32. The molecule has 1 amide bonds. The number of aromatic nitrogens is 2. The molecule has 0 aromatic carbocycles. The fraction of sp³-hybridized carbons (Fsp3) is 0.667. The lowest BCUT2D eigenvalue weighted by Crippen LogP contribution is -2.44. The SMILES string of the molecule is CC(C)(C)OC(=O)N1CCCC(CNc2cncnc2)C1. The quantitative estimate of drug-likeness (QED) is 0.927. The minimum Gasteiger partial charge on any atom is -0.444 e. The molecule has 1 N–H and O–H groups in total. The third kappa shape index (κ3) is 5.21. The number of hydrogen-bond acceptors (Lipinski definition) is 5. The fourth-order valence-electron chi connectivity index (χ4n) is 2.38. The van der Waals surface area contributed by atoms with E-state index in [0.29, 0.717) is 5.92 Å². The first-order valence-electron chi connectivity index (χ1n) is 7.41. The number of nitrogens with zero attached hydrogens (tertiary/aromatic N) is 3. The van der Waals surface area contributed by atoms with Crippen LogP contribution in [0.25, 0.3) is 0 Å². The van der Waals surface area contributed by atoms with Gasteiger partial charge in [-0.15, -0.1) is 0 Å². The molecule has 6 nitrogen and oxygen atoms in total. The van der Waals surface area contributed by atoms with Crippen LogP contribution in [-0.2, 0) is 4.74 Å². The summed E-state index contributed by atoms with van der Waals surface area (Å²) in [5.74, 6) is 0.423. The maximum atomic E-state index is 12.1. The van der Waals surface area contributed by atoms with E-state index < -0.39 is 5.60 Å². The van der Waals surface area contributed by atoms with E-state index in [2.05, 4.69) is 15.3 Å². The Morgan fingerprint density at radius 3 is 2.81 bits per heavy atom. The molecule has 0 radical (unpaired) electrons. The standard InChI is InChI=1S/C15H24N4O2/c1-15(2,3)21-14(20)19-6-4-5-12(10-19)7-18-13-8-16-11-17-9-13/h8-9,11-12,18H,4-7,10H2,1-3H3. The van der Waals surface area contributed by atoms with Crippen molar-refractivity contribution in [2.75, 3.05) is 25.0 Å². The highest BCUT2D eigenvalue weighted by molar-refractivity contribution is 5.68. The Morgan fingerprint density at radius 1 is 1.43 bits per heavy atom. The topological polar surface area (TPSA) is 67.3 Å².